The zero-order chi connectivity index (χ0) is 27.5. The number of likely N-dealkylation sites (tertiary alicyclic amines) is 1. The number of hydrogen-bond donors (Lipinski definition) is 0. The molecule has 1 aromatic heterocycles. The Morgan fingerprint density at radius 2 is 1.80 bits per heavy atom. The number of carbonyl (C=O) groups excluding carboxylic acids is 1. The van der Waals surface area contributed by atoms with Crippen molar-refractivity contribution < 1.29 is 14.3 Å². The van der Waals surface area contributed by atoms with Crippen LogP contribution in [-0.4, -0.2) is 54.8 Å². The third-order valence-electron chi connectivity index (χ3n) is 9.13. The van der Waals surface area contributed by atoms with Crippen LogP contribution in [0.25, 0.3) is 22.2 Å². The van der Waals surface area contributed by atoms with E-state index in [2.05, 4.69) is 51.6 Å². The van der Waals surface area contributed by atoms with Crippen molar-refractivity contribution in [1.82, 2.24) is 9.47 Å². The molecule has 6 rings (SSSR count). The van der Waals surface area contributed by atoms with Crippen LogP contribution in [0.3, 0.4) is 0 Å². The quantitative estimate of drug-likeness (QED) is 0.219. The lowest BCUT2D eigenvalue weighted by atomic mass is 9.81. The third-order valence-corrected chi connectivity index (χ3v) is 9.13. The zero-order valence-electron chi connectivity index (χ0n) is 24.4. The Kier molecular flexibility index (Phi) is 8.33. The van der Waals surface area contributed by atoms with Gasteiger partial charge in [-0.05, 0) is 80.9 Å². The molecule has 0 unspecified atom stereocenters. The summed E-state index contributed by atoms with van der Waals surface area (Å²) < 4.78 is 14.6. The second kappa shape index (κ2) is 12.3. The van der Waals surface area contributed by atoms with Crippen molar-refractivity contribution in [2.45, 2.75) is 84.1 Å². The van der Waals surface area contributed by atoms with Gasteiger partial charge < -0.3 is 23.8 Å². The molecule has 2 fully saturated rings. The minimum atomic E-state index is -0.284. The molecule has 0 N–H and O–H groups in total. The lowest BCUT2D eigenvalue weighted by molar-refractivity contribution is -0.131. The van der Waals surface area contributed by atoms with Crippen molar-refractivity contribution in [2.24, 2.45) is 0 Å². The number of hydrogen-bond acceptors (Lipinski definition) is 5. The molecule has 0 radical (unpaired) electrons. The zero-order valence-corrected chi connectivity index (χ0v) is 24.4. The molecule has 6 nitrogen and oxygen atoms in total. The maximum absolute atomic E-state index is 11.8. The number of piperidine rings is 1. The number of aromatic nitrogens is 1. The van der Waals surface area contributed by atoms with Crippen LogP contribution < -0.4 is 14.4 Å². The van der Waals surface area contributed by atoms with Gasteiger partial charge in [0.25, 0.3) is 0 Å². The van der Waals surface area contributed by atoms with Crippen LogP contribution >= 0.6 is 0 Å². The summed E-state index contributed by atoms with van der Waals surface area (Å²) >= 11 is 0. The van der Waals surface area contributed by atoms with Gasteiger partial charge in [0.1, 0.15) is 12.4 Å². The molecule has 1 saturated heterocycles. The van der Waals surface area contributed by atoms with Gasteiger partial charge in [-0.2, -0.15) is 0 Å². The summed E-state index contributed by atoms with van der Waals surface area (Å²) in [7, 11) is 0. The Hall–Kier alpha value is -2.99. The van der Waals surface area contributed by atoms with Crippen molar-refractivity contribution in [3.63, 3.8) is 0 Å². The van der Waals surface area contributed by atoms with E-state index in [1.165, 1.54) is 99.3 Å². The van der Waals surface area contributed by atoms with E-state index in [-0.39, 0.29) is 5.97 Å². The number of ether oxygens (including phenoxy) is 2. The van der Waals surface area contributed by atoms with Gasteiger partial charge in [0, 0.05) is 43.6 Å². The Morgan fingerprint density at radius 1 is 1.00 bits per heavy atom. The van der Waals surface area contributed by atoms with E-state index in [0.717, 1.165) is 43.9 Å². The highest BCUT2D eigenvalue weighted by atomic mass is 16.5. The Labute approximate surface area is 239 Å². The summed E-state index contributed by atoms with van der Waals surface area (Å²) in [5.41, 5.74) is 6.35. The molecule has 6 heteroatoms. The van der Waals surface area contributed by atoms with E-state index in [4.69, 9.17) is 9.47 Å². The first-order valence-corrected chi connectivity index (χ1v) is 15.7. The number of para-hydroxylation sites is 1. The van der Waals surface area contributed by atoms with E-state index >= 15 is 0 Å². The van der Waals surface area contributed by atoms with Crippen LogP contribution in [0.5, 0.6) is 11.5 Å². The van der Waals surface area contributed by atoms with Gasteiger partial charge >= 0.3 is 5.97 Å². The first-order valence-electron chi connectivity index (χ1n) is 15.7. The maximum atomic E-state index is 11.8. The number of nitrogens with zero attached hydrogens (tertiary/aromatic N) is 3. The number of anilines is 1. The molecule has 1 saturated carbocycles. The standard InChI is InChI=1S/C34H45N3O3/c1-3-17-36(21-20-35-18-8-5-9-19-35)30-14-10-13-29-33-32(26-11-6-4-7-12-26)28-16-15-27(40-25(2)38)24-31(28)37(33)22-23-39-34(29)30/h10,13-16,24,26H,3-9,11-12,17-23H2,1-2H3. The monoisotopic (exact) mass is 543 g/mol. The maximum Gasteiger partial charge on any atom is 0.308 e. The number of rotatable bonds is 8. The van der Waals surface area contributed by atoms with Crippen LogP contribution in [0.15, 0.2) is 36.4 Å². The summed E-state index contributed by atoms with van der Waals surface area (Å²) in [5.74, 6) is 1.90. The second-order valence-corrected chi connectivity index (χ2v) is 11.9. The van der Waals surface area contributed by atoms with Crippen molar-refractivity contribution in [1.29, 1.82) is 0 Å². The second-order valence-electron chi connectivity index (χ2n) is 11.9. The summed E-state index contributed by atoms with van der Waals surface area (Å²) in [5, 5.41) is 1.30. The molecule has 2 aromatic carbocycles. The molecular formula is C34H45N3O3. The van der Waals surface area contributed by atoms with E-state index in [1.807, 2.05) is 6.07 Å². The molecule has 0 amide bonds. The Morgan fingerprint density at radius 3 is 2.58 bits per heavy atom. The topological polar surface area (TPSA) is 46.9 Å². The van der Waals surface area contributed by atoms with Gasteiger partial charge in [0.2, 0.25) is 0 Å². The van der Waals surface area contributed by atoms with Crippen LogP contribution in [0.4, 0.5) is 5.69 Å². The smallest absolute Gasteiger partial charge is 0.308 e. The molecule has 3 aromatic rings. The van der Waals surface area contributed by atoms with Crippen LogP contribution in [0.2, 0.25) is 0 Å². The van der Waals surface area contributed by atoms with Gasteiger partial charge in [-0.15, -0.1) is 0 Å². The molecule has 3 aliphatic rings. The summed E-state index contributed by atoms with van der Waals surface area (Å²) in [4.78, 5) is 17.0. The summed E-state index contributed by atoms with van der Waals surface area (Å²) in [6, 6.07) is 13.0. The van der Waals surface area contributed by atoms with E-state index in [0.29, 0.717) is 18.3 Å². The minimum absolute atomic E-state index is 0.284. The Bertz CT molecular complexity index is 1330. The van der Waals surface area contributed by atoms with Crippen molar-refractivity contribution in [3.05, 3.63) is 42.0 Å². The molecule has 1 aliphatic carbocycles. The lowest BCUT2D eigenvalue weighted by Crippen LogP contribution is -2.38. The van der Waals surface area contributed by atoms with Gasteiger partial charge in [-0.1, -0.05) is 38.7 Å². The first kappa shape index (κ1) is 27.2. The normalized spacial score (nSPS) is 18.1. The van der Waals surface area contributed by atoms with Gasteiger partial charge in [0.05, 0.1) is 23.4 Å². The molecule has 0 bridgehead atoms. The van der Waals surface area contributed by atoms with Crippen molar-refractivity contribution in [2.75, 3.05) is 44.2 Å². The van der Waals surface area contributed by atoms with Gasteiger partial charge in [-0.25, -0.2) is 0 Å². The fourth-order valence-corrected chi connectivity index (χ4v) is 7.33. The first-order chi connectivity index (χ1) is 19.6. The lowest BCUT2D eigenvalue weighted by Gasteiger charge is -2.32. The number of carbonyl (C=O) groups is 1. The summed E-state index contributed by atoms with van der Waals surface area (Å²) in [6.45, 7) is 10.7. The van der Waals surface area contributed by atoms with Crippen molar-refractivity contribution >= 4 is 22.6 Å². The largest absolute Gasteiger partial charge is 0.489 e. The van der Waals surface area contributed by atoms with Crippen LogP contribution in [0, 0.1) is 0 Å². The number of esters is 1. The molecule has 3 heterocycles. The van der Waals surface area contributed by atoms with Gasteiger partial charge in [-0.3, -0.25) is 4.79 Å². The van der Waals surface area contributed by atoms with Crippen LogP contribution in [0.1, 0.15) is 83.1 Å². The van der Waals surface area contributed by atoms with Crippen LogP contribution in [-0.2, 0) is 11.3 Å². The number of benzene rings is 2. The highest BCUT2D eigenvalue weighted by Crippen LogP contribution is 2.49. The molecule has 0 atom stereocenters. The molecule has 40 heavy (non-hydrogen) atoms. The highest BCUT2D eigenvalue weighted by molar-refractivity contribution is 5.96. The molecule has 214 valence electrons. The molecule has 2 aliphatic heterocycles. The molecule has 0 spiro atoms. The fourth-order valence-electron chi connectivity index (χ4n) is 7.33. The average molecular weight is 544 g/mol. The highest BCUT2D eigenvalue weighted by Gasteiger charge is 2.31. The fraction of sp³-hybridized carbons (Fsp3) is 0.559. The van der Waals surface area contributed by atoms with Gasteiger partial charge in [0.15, 0.2) is 5.75 Å². The van der Waals surface area contributed by atoms with E-state index in [1.54, 1.807) is 0 Å². The Balaban J connectivity index is 1.45. The average Bonchev–Trinajstić information content (AvgIpc) is 3.16. The predicted octanol–water partition coefficient (Wildman–Crippen LogP) is 7.38. The summed E-state index contributed by atoms with van der Waals surface area (Å²) in [6.07, 6.45) is 11.5. The predicted molar refractivity (Wildman–Crippen MR) is 163 cm³/mol. The molecular weight excluding hydrogens is 498 g/mol. The van der Waals surface area contributed by atoms with Crippen molar-refractivity contribution in [3.8, 4) is 22.8 Å². The van der Waals surface area contributed by atoms with E-state index in [9.17, 15) is 4.79 Å². The SMILES string of the molecule is CCCN(CCN1CCCCC1)c1cccc2c1OCCn1c-2c(C2CCCCC2)c2ccc(OC(C)=O)cc21. The van der Waals surface area contributed by atoms with E-state index < -0.39 is 0 Å². The minimum Gasteiger partial charge on any atom is -0.489 e. The number of fused-ring (bicyclic) bond motifs is 5. The third kappa shape index (κ3) is 5.47.